The number of benzene rings is 1. The third-order valence-corrected chi connectivity index (χ3v) is 2.10. The van der Waals surface area contributed by atoms with Gasteiger partial charge in [0, 0.05) is 18.2 Å². The van der Waals surface area contributed by atoms with E-state index in [1.54, 1.807) is 7.11 Å². The van der Waals surface area contributed by atoms with Crippen molar-refractivity contribution in [1.82, 2.24) is 0 Å². The van der Waals surface area contributed by atoms with Gasteiger partial charge in [-0.3, -0.25) is 0 Å². The Balaban J connectivity index is 3.12. The Morgan fingerprint density at radius 1 is 1.46 bits per heavy atom. The standard InChI is InChI=1S/C10H16N2O/c1-7-4-3-5-8(9(12)6-11)10(7)13-2/h3-5,9H,6,11-12H2,1-2H3/t9-/m1/s1. The number of methoxy groups -OCH3 is 1. The molecule has 0 bridgehead atoms. The van der Waals surface area contributed by atoms with E-state index >= 15 is 0 Å². The second-order valence-electron chi connectivity index (χ2n) is 3.04. The van der Waals surface area contributed by atoms with Crippen molar-refractivity contribution in [1.29, 1.82) is 0 Å². The number of nitrogens with two attached hydrogens (primary N) is 2. The van der Waals surface area contributed by atoms with Crippen molar-refractivity contribution in [3.63, 3.8) is 0 Å². The molecule has 0 amide bonds. The fourth-order valence-corrected chi connectivity index (χ4v) is 1.37. The minimum atomic E-state index is -0.144. The number of hydrogen-bond donors (Lipinski definition) is 2. The molecule has 0 aromatic heterocycles. The molecular weight excluding hydrogens is 164 g/mol. The molecule has 1 aromatic carbocycles. The summed E-state index contributed by atoms with van der Waals surface area (Å²) in [6, 6.07) is 5.76. The normalized spacial score (nSPS) is 12.6. The van der Waals surface area contributed by atoms with Crippen molar-refractivity contribution in [2.75, 3.05) is 13.7 Å². The van der Waals surface area contributed by atoms with Crippen LogP contribution < -0.4 is 16.2 Å². The molecule has 0 aliphatic carbocycles. The van der Waals surface area contributed by atoms with E-state index in [0.717, 1.165) is 16.9 Å². The lowest BCUT2D eigenvalue weighted by Gasteiger charge is -2.15. The molecule has 1 aromatic rings. The minimum absolute atomic E-state index is 0.144. The van der Waals surface area contributed by atoms with Gasteiger partial charge in [0.2, 0.25) is 0 Å². The first-order chi connectivity index (χ1) is 6.20. The summed E-state index contributed by atoms with van der Waals surface area (Å²) in [6.07, 6.45) is 0. The lowest BCUT2D eigenvalue weighted by molar-refractivity contribution is 0.403. The molecule has 72 valence electrons. The van der Waals surface area contributed by atoms with E-state index in [4.69, 9.17) is 16.2 Å². The molecule has 0 saturated heterocycles. The van der Waals surface area contributed by atoms with Crippen LogP contribution >= 0.6 is 0 Å². The van der Waals surface area contributed by atoms with Crippen molar-refractivity contribution < 1.29 is 4.74 Å². The van der Waals surface area contributed by atoms with Gasteiger partial charge in [-0.25, -0.2) is 0 Å². The summed E-state index contributed by atoms with van der Waals surface area (Å²) in [7, 11) is 1.65. The molecule has 0 fully saturated rings. The zero-order valence-electron chi connectivity index (χ0n) is 8.08. The third-order valence-electron chi connectivity index (χ3n) is 2.10. The Kier molecular flexibility index (Phi) is 3.28. The molecule has 1 atom stereocenters. The molecule has 4 N–H and O–H groups in total. The van der Waals surface area contributed by atoms with Gasteiger partial charge in [-0.05, 0) is 12.5 Å². The van der Waals surface area contributed by atoms with Crippen molar-refractivity contribution in [2.45, 2.75) is 13.0 Å². The van der Waals surface area contributed by atoms with Crippen LogP contribution in [-0.4, -0.2) is 13.7 Å². The van der Waals surface area contributed by atoms with Gasteiger partial charge in [-0.2, -0.15) is 0 Å². The second kappa shape index (κ2) is 4.25. The van der Waals surface area contributed by atoms with Crippen LogP contribution in [-0.2, 0) is 0 Å². The second-order valence-corrected chi connectivity index (χ2v) is 3.04. The first kappa shape index (κ1) is 10.0. The molecule has 1 rings (SSSR count). The quantitative estimate of drug-likeness (QED) is 0.728. The third kappa shape index (κ3) is 1.99. The molecule has 3 heteroatoms. The zero-order chi connectivity index (χ0) is 9.84. The fraction of sp³-hybridized carbons (Fsp3) is 0.400. The summed E-state index contributed by atoms with van der Waals surface area (Å²) >= 11 is 0. The smallest absolute Gasteiger partial charge is 0.126 e. The fourth-order valence-electron chi connectivity index (χ4n) is 1.37. The van der Waals surface area contributed by atoms with E-state index in [1.807, 2.05) is 25.1 Å². The van der Waals surface area contributed by atoms with Gasteiger partial charge in [-0.1, -0.05) is 18.2 Å². The number of rotatable bonds is 3. The zero-order valence-corrected chi connectivity index (χ0v) is 8.08. The van der Waals surface area contributed by atoms with Gasteiger partial charge in [0.15, 0.2) is 0 Å². The van der Waals surface area contributed by atoms with Gasteiger partial charge < -0.3 is 16.2 Å². The number of para-hydroxylation sites is 1. The highest BCUT2D eigenvalue weighted by Gasteiger charge is 2.11. The van der Waals surface area contributed by atoms with Crippen LogP contribution in [0.15, 0.2) is 18.2 Å². The highest BCUT2D eigenvalue weighted by atomic mass is 16.5. The van der Waals surface area contributed by atoms with Crippen molar-refractivity contribution in [2.24, 2.45) is 11.5 Å². The van der Waals surface area contributed by atoms with Gasteiger partial charge in [0.25, 0.3) is 0 Å². The Hall–Kier alpha value is -1.06. The van der Waals surface area contributed by atoms with Crippen LogP contribution in [0.25, 0.3) is 0 Å². The predicted octanol–water partition coefficient (Wildman–Crippen LogP) is 0.962. The number of hydrogen-bond acceptors (Lipinski definition) is 3. The van der Waals surface area contributed by atoms with Gasteiger partial charge in [0.1, 0.15) is 5.75 Å². The summed E-state index contributed by atoms with van der Waals surface area (Å²) in [5, 5.41) is 0. The van der Waals surface area contributed by atoms with E-state index in [1.165, 1.54) is 0 Å². The highest BCUT2D eigenvalue weighted by Crippen LogP contribution is 2.26. The van der Waals surface area contributed by atoms with Crippen LogP contribution in [0.3, 0.4) is 0 Å². The monoisotopic (exact) mass is 180 g/mol. The van der Waals surface area contributed by atoms with Crippen LogP contribution in [0.2, 0.25) is 0 Å². The topological polar surface area (TPSA) is 61.3 Å². The summed E-state index contributed by atoms with van der Waals surface area (Å²) in [4.78, 5) is 0. The molecule has 13 heavy (non-hydrogen) atoms. The van der Waals surface area contributed by atoms with Crippen molar-refractivity contribution in [3.05, 3.63) is 29.3 Å². The maximum absolute atomic E-state index is 5.83. The molecule has 0 saturated carbocycles. The van der Waals surface area contributed by atoms with Crippen LogP contribution in [0.1, 0.15) is 17.2 Å². The maximum Gasteiger partial charge on any atom is 0.126 e. The average Bonchev–Trinajstić information content (AvgIpc) is 2.16. The van der Waals surface area contributed by atoms with Gasteiger partial charge in [0.05, 0.1) is 7.11 Å². The van der Waals surface area contributed by atoms with E-state index in [2.05, 4.69) is 0 Å². The molecule has 0 aliphatic rings. The van der Waals surface area contributed by atoms with Gasteiger partial charge in [-0.15, -0.1) is 0 Å². The largest absolute Gasteiger partial charge is 0.496 e. The summed E-state index contributed by atoms with van der Waals surface area (Å²) in [6.45, 7) is 2.42. The van der Waals surface area contributed by atoms with Crippen LogP contribution in [0, 0.1) is 6.92 Å². The number of ether oxygens (including phenoxy) is 1. The van der Waals surface area contributed by atoms with E-state index < -0.39 is 0 Å². The summed E-state index contributed by atoms with van der Waals surface area (Å²) in [5.74, 6) is 0.848. The molecule has 0 spiro atoms. The van der Waals surface area contributed by atoms with Crippen LogP contribution in [0.5, 0.6) is 5.75 Å². The highest BCUT2D eigenvalue weighted by molar-refractivity contribution is 5.42. The Morgan fingerprint density at radius 3 is 2.69 bits per heavy atom. The van der Waals surface area contributed by atoms with E-state index in [9.17, 15) is 0 Å². The molecule has 0 aliphatic heterocycles. The van der Waals surface area contributed by atoms with Crippen molar-refractivity contribution >= 4 is 0 Å². The van der Waals surface area contributed by atoms with Gasteiger partial charge >= 0.3 is 0 Å². The Bertz CT molecular complexity index is 286. The Morgan fingerprint density at radius 2 is 2.15 bits per heavy atom. The SMILES string of the molecule is COc1c(C)cccc1[C@H](N)CN. The lowest BCUT2D eigenvalue weighted by atomic mass is 10.0. The average molecular weight is 180 g/mol. The first-order valence-electron chi connectivity index (χ1n) is 4.29. The van der Waals surface area contributed by atoms with E-state index in [0.29, 0.717) is 6.54 Å². The number of aryl methyl sites for hydroxylation is 1. The van der Waals surface area contributed by atoms with Crippen LogP contribution in [0.4, 0.5) is 0 Å². The summed E-state index contributed by atoms with van der Waals surface area (Å²) < 4.78 is 5.26. The van der Waals surface area contributed by atoms with Crippen molar-refractivity contribution in [3.8, 4) is 5.75 Å². The molecule has 0 unspecified atom stereocenters. The molecular formula is C10H16N2O. The molecule has 0 radical (unpaired) electrons. The molecule has 0 heterocycles. The Labute approximate surface area is 78.7 Å². The molecule has 3 nitrogen and oxygen atoms in total. The maximum atomic E-state index is 5.83. The van der Waals surface area contributed by atoms with E-state index in [-0.39, 0.29) is 6.04 Å². The lowest BCUT2D eigenvalue weighted by Crippen LogP contribution is -2.21. The first-order valence-corrected chi connectivity index (χ1v) is 4.29. The summed E-state index contributed by atoms with van der Waals surface area (Å²) in [5.41, 5.74) is 13.4. The predicted molar refractivity (Wildman–Crippen MR) is 53.7 cm³/mol. The minimum Gasteiger partial charge on any atom is -0.496 e.